The van der Waals surface area contributed by atoms with Crippen LogP contribution in [0.4, 0.5) is 0 Å². The maximum Gasteiger partial charge on any atom is 0.225 e. The lowest BCUT2D eigenvalue weighted by molar-refractivity contribution is -0.122. The summed E-state index contributed by atoms with van der Waals surface area (Å²) in [4.78, 5) is 25.8. The van der Waals surface area contributed by atoms with E-state index in [1.54, 1.807) is 21.3 Å². The summed E-state index contributed by atoms with van der Waals surface area (Å²) in [5.41, 5.74) is 3.29. The van der Waals surface area contributed by atoms with E-state index in [1.807, 2.05) is 42.5 Å². The first kappa shape index (κ1) is 20.0. The van der Waals surface area contributed by atoms with E-state index in [4.69, 9.17) is 14.2 Å². The van der Waals surface area contributed by atoms with Crippen molar-refractivity contribution in [3.8, 4) is 17.2 Å². The molecule has 30 heavy (non-hydrogen) atoms. The highest BCUT2D eigenvalue weighted by atomic mass is 16.5. The number of hydrogen-bond acceptors (Lipinski definition) is 5. The quantitative estimate of drug-likeness (QED) is 0.818. The lowest BCUT2D eigenvalue weighted by Crippen LogP contribution is -2.38. The third-order valence-corrected chi connectivity index (χ3v) is 5.93. The molecular formula is C24H25NO5. The maximum atomic E-state index is 13.3. The third-order valence-electron chi connectivity index (χ3n) is 5.93. The van der Waals surface area contributed by atoms with Crippen LogP contribution in [0, 0.1) is 0 Å². The zero-order valence-electron chi connectivity index (χ0n) is 17.4. The average molecular weight is 407 g/mol. The molecule has 2 aromatic carbocycles. The Morgan fingerprint density at radius 2 is 1.57 bits per heavy atom. The molecule has 6 nitrogen and oxygen atoms in total. The van der Waals surface area contributed by atoms with E-state index in [0.717, 1.165) is 16.8 Å². The number of para-hydroxylation sites is 1. The Balaban J connectivity index is 1.71. The number of hydrogen-bond donors (Lipinski definition) is 1. The first-order chi connectivity index (χ1) is 14.5. The molecule has 1 N–H and O–H groups in total. The summed E-state index contributed by atoms with van der Waals surface area (Å²) in [6, 6.07) is 13.3. The lowest BCUT2D eigenvalue weighted by atomic mass is 9.73. The summed E-state index contributed by atoms with van der Waals surface area (Å²) in [6.07, 6.45) is 1.22. The van der Waals surface area contributed by atoms with Gasteiger partial charge < -0.3 is 19.5 Å². The second-order valence-corrected chi connectivity index (χ2v) is 7.58. The summed E-state index contributed by atoms with van der Waals surface area (Å²) in [7, 11) is 4.79. The van der Waals surface area contributed by atoms with Gasteiger partial charge in [-0.2, -0.15) is 0 Å². The van der Waals surface area contributed by atoms with Gasteiger partial charge in [-0.15, -0.1) is 0 Å². The van der Waals surface area contributed by atoms with Gasteiger partial charge in [0.15, 0.2) is 17.3 Å². The second kappa shape index (κ2) is 8.22. The van der Waals surface area contributed by atoms with Crippen LogP contribution in [0.25, 0.3) is 0 Å². The zero-order chi connectivity index (χ0) is 21.3. The third kappa shape index (κ3) is 3.54. The van der Waals surface area contributed by atoms with Gasteiger partial charge in [0.1, 0.15) is 5.75 Å². The van der Waals surface area contributed by atoms with Crippen LogP contribution in [-0.2, 0) is 9.59 Å². The van der Waals surface area contributed by atoms with Gasteiger partial charge >= 0.3 is 0 Å². The fourth-order valence-electron chi connectivity index (χ4n) is 4.52. The summed E-state index contributed by atoms with van der Waals surface area (Å²) in [5.74, 6) is 1.63. The van der Waals surface area contributed by atoms with Crippen molar-refractivity contribution in [1.82, 2.24) is 5.32 Å². The Labute approximate surface area is 175 Å². The largest absolute Gasteiger partial charge is 0.496 e. The van der Waals surface area contributed by atoms with Crippen LogP contribution < -0.4 is 19.5 Å². The molecule has 2 aromatic rings. The molecule has 1 amide bonds. The maximum absolute atomic E-state index is 13.3. The van der Waals surface area contributed by atoms with E-state index in [-0.39, 0.29) is 29.9 Å². The summed E-state index contributed by atoms with van der Waals surface area (Å²) >= 11 is 0. The highest BCUT2D eigenvalue weighted by Crippen LogP contribution is 2.45. The molecule has 1 aliphatic carbocycles. The molecule has 4 rings (SSSR count). The number of amides is 1. The van der Waals surface area contributed by atoms with Crippen molar-refractivity contribution in [3.63, 3.8) is 0 Å². The van der Waals surface area contributed by atoms with Crippen LogP contribution in [0.15, 0.2) is 53.7 Å². The first-order valence-corrected chi connectivity index (χ1v) is 9.96. The molecule has 2 aliphatic rings. The molecular weight excluding hydrogens is 382 g/mol. The molecule has 156 valence electrons. The fourth-order valence-corrected chi connectivity index (χ4v) is 4.52. The number of ether oxygens (including phenoxy) is 3. The average Bonchev–Trinajstić information content (AvgIpc) is 2.77. The van der Waals surface area contributed by atoms with E-state index in [1.165, 1.54) is 0 Å². The van der Waals surface area contributed by atoms with Gasteiger partial charge in [-0.25, -0.2) is 0 Å². The Morgan fingerprint density at radius 3 is 2.30 bits per heavy atom. The topological polar surface area (TPSA) is 73.9 Å². The molecule has 0 fully saturated rings. The van der Waals surface area contributed by atoms with Crippen molar-refractivity contribution < 1.29 is 23.8 Å². The number of allylic oxidation sites excluding steroid dienone is 2. The van der Waals surface area contributed by atoms with E-state index >= 15 is 0 Å². The van der Waals surface area contributed by atoms with Crippen LogP contribution >= 0.6 is 0 Å². The second-order valence-electron chi connectivity index (χ2n) is 7.58. The molecule has 0 aromatic heterocycles. The molecule has 0 radical (unpaired) electrons. The Hall–Kier alpha value is -3.28. The van der Waals surface area contributed by atoms with Gasteiger partial charge in [-0.3, -0.25) is 9.59 Å². The summed E-state index contributed by atoms with van der Waals surface area (Å²) < 4.78 is 16.2. The fraction of sp³-hybridized carbons (Fsp3) is 0.333. The number of carbonyl (C=O) groups is 2. The molecule has 1 aliphatic heterocycles. The van der Waals surface area contributed by atoms with E-state index in [2.05, 4.69) is 5.32 Å². The van der Waals surface area contributed by atoms with Gasteiger partial charge in [-0.05, 0) is 36.1 Å². The van der Waals surface area contributed by atoms with Gasteiger partial charge in [0.05, 0.1) is 21.3 Å². The van der Waals surface area contributed by atoms with Crippen LogP contribution in [0.5, 0.6) is 17.2 Å². The molecule has 0 bridgehead atoms. The standard InChI is InChI=1S/C24H25NO5/c1-28-20-7-5-4-6-16(20)17-13-23(27)25-18-10-15(11-19(26)24(17)18)14-8-9-21(29-2)22(12-14)30-3/h4-9,12,15,17H,10-11,13H2,1-3H3,(H,25,27)/t15-,17+/m1/s1. The first-order valence-electron chi connectivity index (χ1n) is 9.96. The van der Waals surface area contributed by atoms with Crippen LogP contribution in [0.3, 0.4) is 0 Å². The molecule has 0 saturated carbocycles. The van der Waals surface area contributed by atoms with Crippen molar-refractivity contribution >= 4 is 11.7 Å². The normalized spacial score (nSPS) is 21.0. The van der Waals surface area contributed by atoms with E-state index in [9.17, 15) is 9.59 Å². The Bertz CT molecular complexity index is 1030. The summed E-state index contributed by atoms with van der Waals surface area (Å²) in [6.45, 7) is 0. The van der Waals surface area contributed by atoms with E-state index in [0.29, 0.717) is 35.7 Å². The minimum atomic E-state index is -0.288. The van der Waals surface area contributed by atoms with E-state index < -0.39 is 0 Å². The lowest BCUT2D eigenvalue weighted by Gasteiger charge is -2.35. The van der Waals surface area contributed by atoms with Gasteiger partial charge in [-0.1, -0.05) is 24.3 Å². The highest BCUT2D eigenvalue weighted by Gasteiger charge is 2.39. The molecule has 1 heterocycles. The summed E-state index contributed by atoms with van der Waals surface area (Å²) in [5, 5.41) is 2.96. The van der Waals surface area contributed by atoms with Gasteiger partial charge in [0.25, 0.3) is 0 Å². The van der Waals surface area contributed by atoms with Crippen LogP contribution in [-0.4, -0.2) is 33.0 Å². The molecule has 0 unspecified atom stereocenters. The van der Waals surface area contributed by atoms with Crippen molar-refractivity contribution in [3.05, 3.63) is 64.9 Å². The van der Waals surface area contributed by atoms with Gasteiger partial charge in [0, 0.05) is 35.6 Å². The SMILES string of the molecule is COc1ccc([C@H]2CC(=O)C3=C(C2)NC(=O)C[C@H]3c2ccccc2OC)cc1OC. The number of nitrogens with one attached hydrogen (secondary N) is 1. The number of carbonyl (C=O) groups excluding carboxylic acids is 2. The molecule has 6 heteroatoms. The van der Waals surface area contributed by atoms with Crippen molar-refractivity contribution in [1.29, 1.82) is 0 Å². The predicted octanol–water partition coefficient (Wildman–Crippen LogP) is 3.72. The number of methoxy groups -OCH3 is 3. The molecule has 0 spiro atoms. The number of rotatable bonds is 5. The minimum absolute atomic E-state index is 0.0345. The number of ketones is 1. The molecule has 2 atom stereocenters. The van der Waals surface area contributed by atoms with Crippen molar-refractivity contribution in [2.45, 2.75) is 31.1 Å². The van der Waals surface area contributed by atoms with Crippen LogP contribution in [0.2, 0.25) is 0 Å². The Kier molecular flexibility index (Phi) is 5.48. The van der Waals surface area contributed by atoms with Crippen LogP contribution in [0.1, 0.15) is 42.2 Å². The van der Waals surface area contributed by atoms with Crippen molar-refractivity contribution in [2.24, 2.45) is 0 Å². The predicted molar refractivity (Wildman–Crippen MR) is 112 cm³/mol. The zero-order valence-corrected chi connectivity index (χ0v) is 17.4. The number of Topliss-reactive ketones (excluding diaryl/α,β-unsaturated/α-hetero) is 1. The monoisotopic (exact) mass is 407 g/mol. The molecule has 0 saturated heterocycles. The van der Waals surface area contributed by atoms with Crippen molar-refractivity contribution in [2.75, 3.05) is 21.3 Å². The van der Waals surface area contributed by atoms with Gasteiger partial charge in [0.2, 0.25) is 5.91 Å². The Morgan fingerprint density at radius 1 is 0.833 bits per heavy atom. The highest BCUT2D eigenvalue weighted by molar-refractivity contribution is 6.02. The number of benzene rings is 2. The smallest absolute Gasteiger partial charge is 0.225 e. The minimum Gasteiger partial charge on any atom is -0.496 e.